The summed E-state index contributed by atoms with van der Waals surface area (Å²) in [5, 5.41) is 33.3. The molecule has 10 heteroatoms. The summed E-state index contributed by atoms with van der Waals surface area (Å²) in [6, 6.07) is 31.4. The van der Waals surface area contributed by atoms with Crippen LogP contribution < -0.4 is 10.4 Å². The van der Waals surface area contributed by atoms with Gasteiger partial charge in [0.25, 0.3) is 5.69 Å². The first-order valence-electron chi connectivity index (χ1n) is 11.8. The summed E-state index contributed by atoms with van der Waals surface area (Å²) < 4.78 is 0. The van der Waals surface area contributed by atoms with Gasteiger partial charge in [-0.1, -0.05) is 72.8 Å². The van der Waals surface area contributed by atoms with Gasteiger partial charge in [-0.15, -0.1) is 0 Å². The second-order valence-electron chi connectivity index (χ2n) is 8.57. The predicted octanol–water partition coefficient (Wildman–Crippen LogP) is 6.30. The molecule has 0 saturated carbocycles. The summed E-state index contributed by atoms with van der Waals surface area (Å²) >= 11 is 0. The van der Waals surface area contributed by atoms with Crippen LogP contribution in [-0.4, -0.2) is 21.8 Å². The third-order valence-electron chi connectivity index (χ3n) is 6.15. The minimum absolute atomic E-state index is 0.0512. The van der Waals surface area contributed by atoms with Gasteiger partial charge in [-0.2, -0.15) is 10.2 Å². The fourth-order valence-electron chi connectivity index (χ4n) is 4.26. The Morgan fingerprint density at radius 3 is 2.21 bits per heavy atom. The second-order valence-corrected chi connectivity index (χ2v) is 8.57. The molecule has 4 aromatic carbocycles. The molecule has 0 saturated heterocycles. The van der Waals surface area contributed by atoms with Crippen molar-refractivity contribution < 1.29 is 9.85 Å². The zero-order valence-electron chi connectivity index (χ0n) is 20.0. The van der Waals surface area contributed by atoms with Crippen molar-refractivity contribution in [2.45, 2.75) is 12.5 Å². The van der Waals surface area contributed by atoms with Gasteiger partial charge in [0.1, 0.15) is 5.69 Å². The average molecular weight is 507 g/mol. The highest BCUT2D eigenvalue weighted by molar-refractivity contribution is 6.03. The molecule has 0 radical (unpaired) electrons. The third-order valence-corrected chi connectivity index (χ3v) is 6.15. The Morgan fingerprint density at radius 1 is 0.868 bits per heavy atom. The molecule has 1 N–H and O–H groups in total. The number of non-ortho nitro benzene ring substituents is 1. The smallest absolute Gasteiger partial charge is 0.272 e. The Kier molecular flexibility index (Phi) is 6.85. The molecule has 0 bridgehead atoms. The van der Waals surface area contributed by atoms with Crippen LogP contribution in [0.15, 0.2) is 113 Å². The van der Waals surface area contributed by atoms with Crippen LogP contribution in [0, 0.1) is 20.2 Å². The minimum Gasteiger partial charge on any atom is -0.272 e. The maximum Gasteiger partial charge on any atom is 0.301 e. The van der Waals surface area contributed by atoms with Crippen molar-refractivity contribution in [3.05, 3.63) is 140 Å². The molecule has 0 spiro atoms. The molecular weight excluding hydrogens is 484 g/mol. The van der Waals surface area contributed by atoms with Crippen LogP contribution in [0.1, 0.15) is 29.2 Å². The topological polar surface area (TPSA) is 126 Å². The molecule has 1 aliphatic heterocycles. The van der Waals surface area contributed by atoms with Crippen molar-refractivity contribution in [3.8, 4) is 0 Å². The van der Waals surface area contributed by atoms with Crippen molar-refractivity contribution in [2.24, 2.45) is 10.2 Å². The molecule has 0 amide bonds. The second kappa shape index (κ2) is 10.7. The van der Waals surface area contributed by atoms with Gasteiger partial charge in [0, 0.05) is 12.5 Å². The van der Waals surface area contributed by atoms with Gasteiger partial charge in [0.15, 0.2) is 0 Å². The Morgan fingerprint density at radius 2 is 1.55 bits per heavy atom. The molecule has 1 heterocycles. The summed E-state index contributed by atoms with van der Waals surface area (Å²) in [5.74, 6) is 0. The van der Waals surface area contributed by atoms with E-state index in [1.807, 2.05) is 65.7 Å². The molecule has 188 valence electrons. The lowest BCUT2D eigenvalue weighted by atomic mass is 9.98. The van der Waals surface area contributed by atoms with E-state index in [2.05, 4.69) is 34.8 Å². The van der Waals surface area contributed by atoms with E-state index in [0.717, 1.165) is 35.0 Å². The zero-order chi connectivity index (χ0) is 26.5. The Balaban J connectivity index is 1.36. The van der Waals surface area contributed by atoms with E-state index < -0.39 is 15.5 Å². The predicted molar refractivity (Wildman–Crippen MR) is 147 cm³/mol. The van der Waals surface area contributed by atoms with Crippen LogP contribution in [0.2, 0.25) is 0 Å². The Bertz CT molecular complexity index is 1520. The zero-order valence-corrected chi connectivity index (χ0v) is 20.0. The highest BCUT2D eigenvalue weighted by Gasteiger charge is 2.29. The number of hydrogen-bond acceptors (Lipinski definition) is 8. The van der Waals surface area contributed by atoms with Crippen LogP contribution in [0.3, 0.4) is 0 Å². The highest BCUT2D eigenvalue weighted by Crippen LogP contribution is 2.36. The molecule has 1 atom stereocenters. The Labute approximate surface area is 217 Å². The number of rotatable bonds is 8. The fraction of sp³-hybridized carbons (Fsp3) is 0.0714. The van der Waals surface area contributed by atoms with Crippen LogP contribution in [0.5, 0.6) is 0 Å². The van der Waals surface area contributed by atoms with E-state index in [1.165, 1.54) is 23.9 Å². The first kappa shape index (κ1) is 24.3. The molecular formula is C28H22N6O4. The van der Waals surface area contributed by atoms with Crippen molar-refractivity contribution in [2.75, 3.05) is 10.4 Å². The molecule has 0 aliphatic carbocycles. The van der Waals surface area contributed by atoms with E-state index in [4.69, 9.17) is 5.10 Å². The van der Waals surface area contributed by atoms with Gasteiger partial charge in [0.2, 0.25) is 0 Å². The summed E-state index contributed by atoms with van der Waals surface area (Å²) in [6.45, 7) is 0. The molecule has 0 fully saturated rings. The quantitative estimate of drug-likeness (QED) is 0.170. The molecule has 0 aromatic heterocycles. The molecule has 38 heavy (non-hydrogen) atoms. The summed E-state index contributed by atoms with van der Waals surface area (Å²) in [7, 11) is 0. The number of benzene rings is 4. The first-order chi connectivity index (χ1) is 18.5. The monoisotopic (exact) mass is 506 g/mol. The minimum atomic E-state index is -0.691. The number of nitrogens with one attached hydrogen (secondary N) is 1. The summed E-state index contributed by atoms with van der Waals surface area (Å²) in [4.78, 5) is 20.9. The van der Waals surface area contributed by atoms with Gasteiger partial charge < -0.3 is 0 Å². The van der Waals surface area contributed by atoms with Crippen LogP contribution in [-0.2, 0) is 0 Å². The highest BCUT2D eigenvalue weighted by atomic mass is 16.6. The first-order valence-corrected chi connectivity index (χ1v) is 11.8. The maximum atomic E-state index is 11.3. The molecule has 1 aliphatic rings. The fourth-order valence-corrected chi connectivity index (χ4v) is 4.26. The number of nitrogens with zero attached hydrogens (tertiary/aromatic N) is 5. The van der Waals surface area contributed by atoms with E-state index in [0.29, 0.717) is 0 Å². The number of nitro groups is 2. The number of anilines is 2. The third kappa shape index (κ3) is 5.24. The average Bonchev–Trinajstić information content (AvgIpc) is 3.40. The number of hydrazone groups is 2. The van der Waals surface area contributed by atoms with E-state index in [1.54, 1.807) is 0 Å². The normalized spacial score (nSPS) is 14.9. The standard InChI is InChI=1S/C28H22N6O4/c35-33(36)24-15-16-25(28(17-24)34(37)38)30-29-19-20-11-13-23(14-12-20)32-27(22-9-5-2-6-10-22)18-26(31-32)21-7-3-1-4-8-21/h1-17,19,27,30H,18H2/b29-19-/t27-/m1/s1. The van der Waals surface area contributed by atoms with Gasteiger partial charge >= 0.3 is 5.69 Å². The van der Waals surface area contributed by atoms with Gasteiger partial charge in [0.05, 0.1) is 39.6 Å². The molecule has 4 aromatic rings. The molecule has 5 rings (SSSR count). The molecule has 0 unspecified atom stereocenters. The van der Waals surface area contributed by atoms with Crippen molar-refractivity contribution >= 4 is 34.7 Å². The number of hydrogen-bond donors (Lipinski definition) is 1. The van der Waals surface area contributed by atoms with Gasteiger partial charge in [-0.25, -0.2) is 0 Å². The van der Waals surface area contributed by atoms with E-state index >= 15 is 0 Å². The maximum absolute atomic E-state index is 11.3. The van der Waals surface area contributed by atoms with Crippen LogP contribution in [0.25, 0.3) is 0 Å². The molecule has 10 nitrogen and oxygen atoms in total. The lowest BCUT2D eigenvalue weighted by molar-refractivity contribution is -0.393. The van der Waals surface area contributed by atoms with Gasteiger partial charge in [-0.05, 0) is 34.9 Å². The summed E-state index contributed by atoms with van der Waals surface area (Å²) in [6.07, 6.45) is 2.29. The van der Waals surface area contributed by atoms with Gasteiger partial charge in [-0.3, -0.25) is 30.7 Å². The van der Waals surface area contributed by atoms with Crippen molar-refractivity contribution in [3.63, 3.8) is 0 Å². The van der Waals surface area contributed by atoms with E-state index in [9.17, 15) is 20.2 Å². The van der Waals surface area contributed by atoms with Crippen molar-refractivity contribution in [1.29, 1.82) is 0 Å². The van der Waals surface area contributed by atoms with Crippen molar-refractivity contribution in [1.82, 2.24) is 0 Å². The lowest BCUT2D eigenvalue weighted by Crippen LogP contribution is -2.18. The largest absolute Gasteiger partial charge is 0.301 e. The SMILES string of the molecule is O=[N+]([O-])c1ccc(N/N=C\c2ccc(N3N=C(c4ccccc4)C[C@@H]3c3ccccc3)cc2)c([N+](=O)[O-])c1. The van der Waals surface area contributed by atoms with Crippen LogP contribution in [0.4, 0.5) is 22.7 Å². The summed E-state index contributed by atoms with van der Waals surface area (Å²) in [5.41, 5.74) is 6.81. The van der Waals surface area contributed by atoms with Crippen LogP contribution >= 0.6 is 0 Å². The lowest BCUT2D eigenvalue weighted by Gasteiger charge is -2.24. The Hall–Kier alpha value is -5.38. The number of nitro benzene ring substituents is 2. The van der Waals surface area contributed by atoms with E-state index in [-0.39, 0.29) is 17.4 Å².